The van der Waals surface area contributed by atoms with E-state index in [0.717, 1.165) is 0 Å². The Kier molecular flexibility index (Phi) is 2.26. The Morgan fingerprint density at radius 1 is 1.47 bits per heavy atom. The Hall–Kier alpha value is -1.36. The van der Waals surface area contributed by atoms with Gasteiger partial charge in [-0.3, -0.25) is 9.36 Å². The molecule has 2 rings (SSSR count). The Balaban J connectivity index is 2.89. The van der Waals surface area contributed by atoms with Gasteiger partial charge in [0.05, 0.1) is 0 Å². The summed E-state index contributed by atoms with van der Waals surface area (Å²) < 4.78 is 3.10. The quantitative estimate of drug-likeness (QED) is 0.690. The van der Waals surface area contributed by atoms with Gasteiger partial charge in [-0.2, -0.15) is 4.98 Å². The zero-order chi connectivity index (χ0) is 11.2. The van der Waals surface area contributed by atoms with Crippen LogP contribution in [0.2, 0.25) is 5.28 Å². The van der Waals surface area contributed by atoms with Crippen molar-refractivity contribution in [3.63, 3.8) is 0 Å². The molecule has 0 atom stereocenters. The predicted molar refractivity (Wildman–Crippen MR) is 58.2 cm³/mol. The molecule has 15 heavy (non-hydrogen) atoms. The van der Waals surface area contributed by atoms with Crippen molar-refractivity contribution in [3.05, 3.63) is 22.0 Å². The Bertz CT molecular complexity index is 569. The van der Waals surface area contributed by atoms with Gasteiger partial charge in [0.15, 0.2) is 11.2 Å². The first-order valence-corrected chi connectivity index (χ1v) is 4.99. The average Bonchev–Trinajstić information content (AvgIpc) is 2.43. The van der Waals surface area contributed by atoms with Crippen LogP contribution in [0, 0.1) is 0 Å². The molecule has 0 bridgehead atoms. The van der Waals surface area contributed by atoms with Crippen LogP contribution in [-0.2, 0) is 7.05 Å². The van der Waals surface area contributed by atoms with Gasteiger partial charge in [0.2, 0.25) is 5.28 Å². The van der Waals surface area contributed by atoms with Crippen molar-refractivity contribution in [3.8, 4) is 0 Å². The summed E-state index contributed by atoms with van der Waals surface area (Å²) in [6, 6.07) is 0.0723. The molecule has 0 N–H and O–H groups in total. The topological polar surface area (TPSA) is 52.7 Å². The number of hydrogen-bond acceptors (Lipinski definition) is 3. The molecule has 2 aromatic rings. The molecule has 5 nitrogen and oxygen atoms in total. The largest absolute Gasteiger partial charge is 0.312 e. The van der Waals surface area contributed by atoms with E-state index in [9.17, 15) is 4.79 Å². The zero-order valence-electron chi connectivity index (χ0n) is 8.73. The van der Waals surface area contributed by atoms with Crippen LogP contribution in [-0.4, -0.2) is 19.1 Å². The van der Waals surface area contributed by atoms with Crippen molar-refractivity contribution in [1.82, 2.24) is 19.1 Å². The van der Waals surface area contributed by atoms with Crippen molar-refractivity contribution in [2.24, 2.45) is 7.05 Å². The van der Waals surface area contributed by atoms with E-state index in [1.807, 2.05) is 13.8 Å². The highest BCUT2D eigenvalue weighted by Gasteiger charge is 2.13. The maximum Gasteiger partial charge on any atom is 0.279 e. The van der Waals surface area contributed by atoms with Gasteiger partial charge in [-0.05, 0) is 25.4 Å². The fourth-order valence-electron chi connectivity index (χ4n) is 1.45. The summed E-state index contributed by atoms with van der Waals surface area (Å²) in [6.45, 7) is 3.85. The van der Waals surface area contributed by atoms with Gasteiger partial charge in [-0.15, -0.1) is 0 Å². The summed E-state index contributed by atoms with van der Waals surface area (Å²) >= 11 is 5.82. The van der Waals surface area contributed by atoms with Gasteiger partial charge in [0.1, 0.15) is 6.33 Å². The molecule has 0 fully saturated rings. The number of aromatic nitrogens is 4. The number of fused-ring (bicyclic) bond motifs is 1. The monoisotopic (exact) mass is 226 g/mol. The molecular weight excluding hydrogens is 216 g/mol. The van der Waals surface area contributed by atoms with Crippen LogP contribution < -0.4 is 5.56 Å². The van der Waals surface area contributed by atoms with E-state index in [-0.39, 0.29) is 16.9 Å². The lowest BCUT2D eigenvalue weighted by Crippen LogP contribution is -2.23. The average molecular weight is 227 g/mol. The predicted octanol–water partition coefficient (Wildman–Crippen LogP) is 1.36. The molecule has 0 saturated heterocycles. The minimum Gasteiger partial charge on any atom is -0.312 e. The van der Waals surface area contributed by atoms with E-state index in [1.54, 1.807) is 16.2 Å². The van der Waals surface area contributed by atoms with Crippen molar-refractivity contribution >= 4 is 22.8 Å². The third kappa shape index (κ3) is 1.43. The molecule has 0 unspecified atom stereocenters. The minimum absolute atomic E-state index is 0.0723. The summed E-state index contributed by atoms with van der Waals surface area (Å²) in [7, 11) is 1.70. The minimum atomic E-state index is -0.114. The second-order valence-electron chi connectivity index (χ2n) is 3.66. The zero-order valence-corrected chi connectivity index (χ0v) is 9.49. The number of nitrogens with zero attached hydrogens (tertiary/aromatic N) is 4. The summed E-state index contributed by atoms with van der Waals surface area (Å²) in [5.41, 5.74) is 0.720. The first kappa shape index (κ1) is 10.2. The van der Waals surface area contributed by atoms with E-state index < -0.39 is 0 Å². The number of rotatable bonds is 1. The molecule has 0 aliphatic heterocycles. The van der Waals surface area contributed by atoms with E-state index in [4.69, 9.17) is 11.6 Å². The van der Waals surface area contributed by atoms with Crippen LogP contribution in [0.25, 0.3) is 11.2 Å². The van der Waals surface area contributed by atoms with Crippen LogP contribution in [0.3, 0.4) is 0 Å². The Morgan fingerprint density at radius 3 is 2.73 bits per heavy atom. The highest BCUT2D eigenvalue weighted by atomic mass is 35.5. The molecule has 2 aromatic heterocycles. The van der Waals surface area contributed by atoms with Crippen molar-refractivity contribution in [1.29, 1.82) is 0 Å². The molecule has 6 heteroatoms. The fourth-order valence-corrected chi connectivity index (χ4v) is 1.61. The third-order valence-corrected chi connectivity index (χ3v) is 2.66. The molecule has 0 amide bonds. The molecule has 0 saturated carbocycles. The first-order valence-electron chi connectivity index (χ1n) is 4.61. The standard InChI is InChI=1S/C9H11ClN4O/c1-5(2)14-4-11-7-6(8(14)15)13(3)9(10)12-7/h4-5H,1-3H3. The molecule has 80 valence electrons. The lowest BCUT2D eigenvalue weighted by Gasteiger charge is -2.08. The highest BCUT2D eigenvalue weighted by Crippen LogP contribution is 2.13. The van der Waals surface area contributed by atoms with Gasteiger partial charge in [-0.25, -0.2) is 4.98 Å². The summed E-state index contributed by atoms with van der Waals surface area (Å²) in [5.74, 6) is 0. The number of aryl methyl sites for hydroxylation is 1. The SMILES string of the molecule is CC(C)n1cnc2nc(Cl)n(C)c2c1=O. The molecule has 0 spiro atoms. The first-order chi connectivity index (χ1) is 7.02. The van der Waals surface area contributed by atoms with E-state index in [1.165, 1.54) is 6.33 Å². The Morgan fingerprint density at radius 2 is 2.13 bits per heavy atom. The molecule has 0 aliphatic rings. The van der Waals surface area contributed by atoms with E-state index in [2.05, 4.69) is 9.97 Å². The molecule has 0 aliphatic carbocycles. The molecular formula is C9H11ClN4O. The van der Waals surface area contributed by atoms with Crippen LogP contribution >= 0.6 is 11.6 Å². The van der Waals surface area contributed by atoms with Gasteiger partial charge < -0.3 is 4.57 Å². The van der Waals surface area contributed by atoms with Crippen LogP contribution in [0.5, 0.6) is 0 Å². The summed E-state index contributed by atoms with van der Waals surface area (Å²) in [5, 5.41) is 0.274. The molecule has 0 radical (unpaired) electrons. The highest BCUT2D eigenvalue weighted by molar-refractivity contribution is 6.29. The maximum atomic E-state index is 12.0. The second-order valence-corrected chi connectivity index (χ2v) is 4.00. The van der Waals surface area contributed by atoms with Gasteiger partial charge in [0.25, 0.3) is 5.56 Å². The van der Waals surface area contributed by atoms with Gasteiger partial charge >= 0.3 is 0 Å². The summed E-state index contributed by atoms with van der Waals surface area (Å²) in [4.78, 5) is 20.1. The molecule has 2 heterocycles. The van der Waals surface area contributed by atoms with E-state index >= 15 is 0 Å². The molecule has 0 aromatic carbocycles. The third-order valence-electron chi connectivity index (χ3n) is 2.32. The van der Waals surface area contributed by atoms with Crippen LogP contribution in [0.4, 0.5) is 0 Å². The smallest absolute Gasteiger partial charge is 0.279 e. The number of halogens is 1. The second kappa shape index (κ2) is 3.34. The Labute approximate surface area is 91.3 Å². The number of imidazole rings is 1. The van der Waals surface area contributed by atoms with Crippen LogP contribution in [0.1, 0.15) is 19.9 Å². The van der Waals surface area contributed by atoms with Crippen molar-refractivity contribution in [2.45, 2.75) is 19.9 Å². The fraction of sp³-hybridized carbons (Fsp3) is 0.444. The van der Waals surface area contributed by atoms with Crippen molar-refractivity contribution in [2.75, 3.05) is 0 Å². The van der Waals surface area contributed by atoms with Crippen LogP contribution in [0.15, 0.2) is 11.1 Å². The van der Waals surface area contributed by atoms with Gasteiger partial charge in [0, 0.05) is 13.1 Å². The lowest BCUT2D eigenvalue weighted by molar-refractivity contribution is 0.571. The van der Waals surface area contributed by atoms with E-state index in [0.29, 0.717) is 11.2 Å². The maximum absolute atomic E-state index is 12.0. The number of hydrogen-bond donors (Lipinski definition) is 0. The summed E-state index contributed by atoms with van der Waals surface area (Å²) in [6.07, 6.45) is 1.50. The van der Waals surface area contributed by atoms with Gasteiger partial charge in [-0.1, -0.05) is 0 Å². The normalized spacial score (nSPS) is 11.5. The lowest BCUT2D eigenvalue weighted by atomic mass is 10.4. The van der Waals surface area contributed by atoms with Crippen molar-refractivity contribution < 1.29 is 0 Å².